The fourth-order valence-corrected chi connectivity index (χ4v) is 5.01. The number of hydrogen-bond donors (Lipinski definition) is 1. The number of rotatable bonds is 7. The van der Waals surface area contributed by atoms with Crippen LogP contribution in [0.25, 0.3) is 0 Å². The molecule has 3 heterocycles. The number of hydrogen-bond acceptors (Lipinski definition) is 6. The fourth-order valence-electron chi connectivity index (χ4n) is 3.57. The number of amides is 1. The Balaban J connectivity index is 1.30. The van der Waals surface area contributed by atoms with Crippen LogP contribution in [0.2, 0.25) is 0 Å². The maximum atomic E-state index is 12.6. The number of nitrogens with one attached hydrogen (secondary N) is 1. The van der Waals surface area contributed by atoms with Crippen molar-refractivity contribution in [2.75, 3.05) is 24.5 Å². The van der Waals surface area contributed by atoms with E-state index in [-0.39, 0.29) is 11.8 Å². The number of aryl methyl sites for hydroxylation is 1. The summed E-state index contributed by atoms with van der Waals surface area (Å²) in [5, 5.41) is 14.9. The maximum absolute atomic E-state index is 12.6. The number of piperidine rings is 1. The molecule has 30 heavy (non-hydrogen) atoms. The van der Waals surface area contributed by atoms with E-state index in [1.54, 1.807) is 23.1 Å². The molecule has 1 aromatic carbocycles. The van der Waals surface area contributed by atoms with Crippen molar-refractivity contribution in [2.24, 2.45) is 5.92 Å². The number of anilines is 1. The number of nitrogens with zero attached hydrogens (tertiary/aromatic N) is 3. The van der Waals surface area contributed by atoms with E-state index in [2.05, 4.69) is 63.0 Å². The summed E-state index contributed by atoms with van der Waals surface area (Å²) in [4.78, 5) is 17.2. The molecule has 156 valence electrons. The zero-order valence-electron chi connectivity index (χ0n) is 17.1. The van der Waals surface area contributed by atoms with Gasteiger partial charge in [0.2, 0.25) is 5.91 Å². The maximum Gasteiger partial charge on any atom is 0.224 e. The van der Waals surface area contributed by atoms with Gasteiger partial charge in [0, 0.05) is 29.4 Å². The third-order valence-corrected chi connectivity index (χ3v) is 7.11. The topological polar surface area (TPSA) is 58.1 Å². The first-order valence-electron chi connectivity index (χ1n) is 10.3. The number of carbonyl (C=O) groups excluding carboxylic acids is 1. The SMILES string of the molecule is Cc1ccc(Sc2ccc(N3CCC[C@@H](C(=O)NCCc4cccs4)C3)nn2)cc1. The predicted molar refractivity (Wildman–Crippen MR) is 123 cm³/mol. The summed E-state index contributed by atoms with van der Waals surface area (Å²) in [5.74, 6) is 1.00. The standard InChI is InChI=1S/C23H26N4OS2/c1-17-6-8-20(9-7-17)30-22-11-10-21(25-26-22)27-14-2-4-18(16-27)23(28)24-13-12-19-5-3-15-29-19/h3,5-11,15,18H,2,4,12-14,16H2,1H3,(H,24,28)/t18-/m1/s1. The first kappa shape index (κ1) is 20.9. The van der Waals surface area contributed by atoms with Crippen LogP contribution in [-0.4, -0.2) is 35.7 Å². The zero-order valence-corrected chi connectivity index (χ0v) is 18.7. The molecular formula is C23H26N4OS2. The van der Waals surface area contributed by atoms with Gasteiger partial charge in [-0.3, -0.25) is 4.79 Å². The highest BCUT2D eigenvalue weighted by Crippen LogP contribution is 2.27. The van der Waals surface area contributed by atoms with E-state index in [9.17, 15) is 4.79 Å². The summed E-state index contributed by atoms with van der Waals surface area (Å²) in [6.07, 6.45) is 2.81. The van der Waals surface area contributed by atoms with Crippen LogP contribution in [0.4, 0.5) is 5.82 Å². The average Bonchev–Trinajstić information content (AvgIpc) is 3.29. The Hall–Kier alpha value is -2.38. The van der Waals surface area contributed by atoms with Crippen LogP contribution in [-0.2, 0) is 11.2 Å². The Bertz CT molecular complexity index is 942. The Morgan fingerprint density at radius 1 is 1.20 bits per heavy atom. The number of carbonyl (C=O) groups is 1. The summed E-state index contributed by atoms with van der Waals surface area (Å²) < 4.78 is 0. The zero-order chi connectivity index (χ0) is 20.8. The Kier molecular flexibility index (Phi) is 7.02. The molecule has 1 saturated heterocycles. The number of benzene rings is 1. The number of aromatic nitrogens is 2. The minimum absolute atomic E-state index is 0.00509. The second-order valence-electron chi connectivity index (χ2n) is 7.55. The summed E-state index contributed by atoms with van der Waals surface area (Å²) in [6, 6.07) is 16.6. The molecule has 2 aromatic heterocycles. The fraction of sp³-hybridized carbons (Fsp3) is 0.348. The van der Waals surface area contributed by atoms with Crippen molar-refractivity contribution in [1.82, 2.24) is 15.5 Å². The molecule has 0 spiro atoms. The van der Waals surface area contributed by atoms with E-state index >= 15 is 0 Å². The molecule has 1 N–H and O–H groups in total. The van der Waals surface area contributed by atoms with E-state index in [0.717, 1.165) is 41.5 Å². The molecule has 1 atom stereocenters. The van der Waals surface area contributed by atoms with E-state index in [1.807, 2.05) is 18.2 Å². The molecule has 1 aliphatic heterocycles. The summed E-state index contributed by atoms with van der Waals surface area (Å²) in [7, 11) is 0. The van der Waals surface area contributed by atoms with Crippen molar-refractivity contribution >= 4 is 34.8 Å². The van der Waals surface area contributed by atoms with Gasteiger partial charge >= 0.3 is 0 Å². The van der Waals surface area contributed by atoms with Crippen LogP contribution < -0.4 is 10.2 Å². The third-order valence-electron chi connectivity index (χ3n) is 5.24. The van der Waals surface area contributed by atoms with Crippen molar-refractivity contribution in [2.45, 2.75) is 36.1 Å². The first-order chi connectivity index (χ1) is 14.7. The Morgan fingerprint density at radius 2 is 2.07 bits per heavy atom. The van der Waals surface area contributed by atoms with Gasteiger partial charge in [0.05, 0.1) is 5.92 Å². The number of thiophene rings is 1. The van der Waals surface area contributed by atoms with Crippen molar-refractivity contribution in [3.63, 3.8) is 0 Å². The van der Waals surface area contributed by atoms with Crippen LogP contribution in [0.5, 0.6) is 0 Å². The molecule has 0 unspecified atom stereocenters. The highest BCUT2D eigenvalue weighted by Gasteiger charge is 2.26. The van der Waals surface area contributed by atoms with Crippen molar-refractivity contribution in [1.29, 1.82) is 0 Å². The molecule has 3 aromatic rings. The van der Waals surface area contributed by atoms with Gasteiger partial charge in [-0.05, 0) is 61.9 Å². The molecular weight excluding hydrogens is 412 g/mol. The monoisotopic (exact) mass is 438 g/mol. The van der Waals surface area contributed by atoms with Crippen LogP contribution in [0.3, 0.4) is 0 Å². The first-order valence-corrected chi connectivity index (χ1v) is 12.0. The lowest BCUT2D eigenvalue weighted by Gasteiger charge is -2.32. The molecule has 0 bridgehead atoms. The lowest BCUT2D eigenvalue weighted by atomic mass is 9.97. The van der Waals surface area contributed by atoms with Gasteiger partial charge in [0.25, 0.3) is 0 Å². The van der Waals surface area contributed by atoms with Crippen molar-refractivity contribution in [3.8, 4) is 0 Å². The van der Waals surface area contributed by atoms with Crippen molar-refractivity contribution < 1.29 is 4.79 Å². The second kappa shape index (κ2) is 10.1. The summed E-state index contributed by atoms with van der Waals surface area (Å²) in [6.45, 7) is 4.39. The van der Waals surface area contributed by atoms with E-state index in [0.29, 0.717) is 13.1 Å². The molecule has 0 saturated carbocycles. The van der Waals surface area contributed by atoms with Gasteiger partial charge in [0.1, 0.15) is 5.03 Å². The van der Waals surface area contributed by atoms with Crippen LogP contribution in [0, 0.1) is 12.8 Å². The molecule has 1 aliphatic rings. The minimum atomic E-state index is 0.00509. The lowest BCUT2D eigenvalue weighted by Crippen LogP contribution is -2.43. The van der Waals surface area contributed by atoms with Crippen LogP contribution >= 0.6 is 23.1 Å². The summed E-state index contributed by atoms with van der Waals surface area (Å²) in [5.41, 5.74) is 1.25. The lowest BCUT2D eigenvalue weighted by molar-refractivity contribution is -0.125. The van der Waals surface area contributed by atoms with Gasteiger partial charge in [-0.1, -0.05) is 35.5 Å². The van der Waals surface area contributed by atoms with Gasteiger partial charge in [-0.25, -0.2) is 0 Å². The molecule has 1 fully saturated rings. The predicted octanol–water partition coefficient (Wildman–Crippen LogP) is 4.57. The molecule has 4 rings (SSSR count). The highest BCUT2D eigenvalue weighted by molar-refractivity contribution is 7.99. The largest absolute Gasteiger partial charge is 0.355 e. The van der Waals surface area contributed by atoms with E-state index < -0.39 is 0 Å². The Labute approximate surface area is 185 Å². The van der Waals surface area contributed by atoms with E-state index in [1.165, 1.54) is 10.4 Å². The minimum Gasteiger partial charge on any atom is -0.355 e. The molecule has 0 aliphatic carbocycles. The molecule has 0 radical (unpaired) electrons. The summed E-state index contributed by atoms with van der Waals surface area (Å²) >= 11 is 3.34. The Morgan fingerprint density at radius 3 is 2.80 bits per heavy atom. The molecule has 7 heteroatoms. The quantitative estimate of drug-likeness (QED) is 0.585. The average molecular weight is 439 g/mol. The van der Waals surface area contributed by atoms with Gasteiger partial charge in [-0.15, -0.1) is 21.5 Å². The van der Waals surface area contributed by atoms with Gasteiger partial charge in [-0.2, -0.15) is 0 Å². The molecule has 5 nitrogen and oxygen atoms in total. The van der Waals surface area contributed by atoms with Crippen molar-refractivity contribution in [3.05, 3.63) is 64.4 Å². The van der Waals surface area contributed by atoms with Gasteiger partial charge < -0.3 is 10.2 Å². The third kappa shape index (κ3) is 5.61. The van der Waals surface area contributed by atoms with Crippen LogP contribution in [0.1, 0.15) is 23.3 Å². The highest BCUT2D eigenvalue weighted by atomic mass is 32.2. The molecule has 1 amide bonds. The smallest absolute Gasteiger partial charge is 0.224 e. The normalized spacial score (nSPS) is 16.4. The van der Waals surface area contributed by atoms with E-state index in [4.69, 9.17) is 0 Å². The second-order valence-corrected chi connectivity index (χ2v) is 9.68. The van der Waals surface area contributed by atoms with Crippen LogP contribution in [0.15, 0.2) is 63.8 Å². The van der Waals surface area contributed by atoms with Gasteiger partial charge in [0.15, 0.2) is 5.82 Å².